The van der Waals surface area contributed by atoms with E-state index in [9.17, 15) is 18.8 Å². The second-order valence-electron chi connectivity index (χ2n) is 9.15. The van der Waals surface area contributed by atoms with Crippen LogP contribution in [0.1, 0.15) is 32.3 Å². The number of ether oxygens (including phenoxy) is 1. The molecule has 2 aromatic carbocycles. The number of nitrogens with one attached hydrogen (secondary N) is 2. The van der Waals surface area contributed by atoms with Crippen molar-refractivity contribution in [1.82, 2.24) is 10.2 Å². The van der Waals surface area contributed by atoms with E-state index in [1.807, 2.05) is 44.2 Å². The van der Waals surface area contributed by atoms with E-state index in [2.05, 4.69) is 10.6 Å². The molecule has 3 amide bonds. The number of nitrogens with zero attached hydrogens (tertiary/aromatic N) is 1. The molecule has 0 bridgehead atoms. The predicted octanol–water partition coefficient (Wildman–Crippen LogP) is 1.13. The minimum Gasteiger partial charge on any atom is -0.491 e. The van der Waals surface area contributed by atoms with Crippen LogP contribution in [0.25, 0.3) is 0 Å². The molecule has 8 N–H and O–H groups in total. The van der Waals surface area contributed by atoms with Crippen molar-refractivity contribution in [3.05, 3.63) is 59.9 Å². The molecule has 0 spiro atoms. The first kappa shape index (κ1) is 30.7. The van der Waals surface area contributed by atoms with Crippen molar-refractivity contribution in [2.45, 2.75) is 51.3 Å². The van der Waals surface area contributed by atoms with E-state index in [1.54, 1.807) is 6.07 Å². The number of nitrogens with two attached hydrogens (primary N) is 3. The summed E-state index contributed by atoms with van der Waals surface area (Å²) < 4.78 is 20.1. The molecule has 11 heteroatoms. The zero-order valence-electron chi connectivity index (χ0n) is 22.0. The largest absolute Gasteiger partial charge is 0.491 e. The fourth-order valence-electron chi connectivity index (χ4n) is 3.75. The number of rotatable bonds is 15. The van der Waals surface area contributed by atoms with Crippen molar-refractivity contribution >= 4 is 23.4 Å². The van der Waals surface area contributed by atoms with Gasteiger partial charge in [-0.05, 0) is 44.4 Å². The van der Waals surface area contributed by atoms with Crippen molar-refractivity contribution in [2.75, 3.05) is 31.5 Å². The van der Waals surface area contributed by atoms with Gasteiger partial charge in [-0.15, -0.1) is 0 Å². The Morgan fingerprint density at radius 2 is 1.66 bits per heavy atom. The summed E-state index contributed by atoms with van der Waals surface area (Å²) in [7, 11) is 0. The topological polar surface area (TPSA) is 166 Å². The van der Waals surface area contributed by atoms with Gasteiger partial charge < -0.3 is 37.5 Å². The highest BCUT2D eigenvalue weighted by molar-refractivity contribution is 5.98. The third-order valence-electron chi connectivity index (χ3n) is 5.65. The van der Waals surface area contributed by atoms with Crippen LogP contribution in [0.2, 0.25) is 0 Å². The monoisotopic (exact) mass is 530 g/mol. The molecule has 0 aromatic heterocycles. The summed E-state index contributed by atoms with van der Waals surface area (Å²) >= 11 is 0. The van der Waals surface area contributed by atoms with Crippen LogP contribution in [0.5, 0.6) is 5.75 Å². The second kappa shape index (κ2) is 15.7. The molecule has 0 heterocycles. The number of anilines is 1. The highest BCUT2D eigenvalue weighted by atomic mass is 19.1. The molecule has 10 nitrogen and oxygen atoms in total. The van der Waals surface area contributed by atoms with Gasteiger partial charge in [0.25, 0.3) is 0 Å². The van der Waals surface area contributed by atoms with Gasteiger partial charge in [-0.25, -0.2) is 4.39 Å². The van der Waals surface area contributed by atoms with Crippen LogP contribution in [0, 0.1) is 5.82 Å². The lowest BCUT2D eigenvalue weighted by atomic mass is 10.0. The molecule has 2 aromatic rings. The van der Waals surface area contributed by atoms with Gasteiger partial charge >= 0.3 is 0 Å². The number of hydrogen-bond donors (Lipinski definition) is 5. The molecule has 0 aliphatic heterocycles. The van der Waals surface area contributed by atoms with E-state index in [0.717, 1.165) is 5.56 Å². The number of aryl methyl sites for hydroxylation is 1. The van der Waals surface area contributed by atoms with Gasteiger partial charge in [0.15, 0.2) is 0 Å². The van der Waals surface area contributed by atoms with Gasteiger partial charge in [0.1, 0.15) is 17.6 Å². The van der Waals surface area contributed by atoms with E-state index in [1.165, 1.54) is 17.0 Å². The SMILES string of the molecule is CC(C)Oc1ccc(NC(=O)C(CCc2ccccc2)NC(=O)C(N)CC(=O)N(CCN)CCN)c(F)c1. The van der Waals surface area contributed by atoms with Crippen molar-refractivity contribution in [2.24, 2.45) is 17.2 Å². The molecule has 208 valence electrons. The molecule has 0 fully saturated rings. The first-order chi connectivity index (χ1) is 18.1. The lowest BCUT2D eigenvalue weighted by Gasteiger charge is -2.24. The zero-order valence-corrected chi connectivity index (χ0v) is 22.0. The van der Waals surface area contributed by atoms with Crippen LogP contribution in [-0.4, -0.2) is 67.0 Å². The van der Waals surface area contributed by atoms with Crippen LogP contribution >= 0.6 is 0 Å². The number of hydrogen-bond acceptors (Lipinski definition) is 7. The Bertz CT molecular complexity index is 1050. The Kier molecular flexibility index (Phi) is 12.6. The van der Waals surface area contributed by atoms with Gasteiger partial charge in [0, 0.05) is 32.2 Å². The van der Waals surface area contributed by atoms with Crippen molar-refractivity contribution in [3.8, 4) is 5.75 Å². The van der Waals surface area contributed by atoms with Crippen LogP contribution in [0.15, 0.2) is 48.5 Å². The van der Waals surface area contributed by atoms with E-state index in [-0.39, 0.29) is 43.6 Å². The molecule has 38 heavy (non-hydrogen) atoms. The van der Waals surface area contributed by atoms with Gasteiger partial charge in [0.05, 0.1) is 24.3 Å². The minimum absolute atomic E-state index is 0.0521. The molecule has 0 saturated carbocycles. The molecule has 0 radical (unpaired) electrons. The average molecular weight is 531 g/mol. The van der Waals surface area contributed by atoms with Gasteiger partial charge in [-0.1, -0.05) is 30.3 Å². The van der Waals surface area contributed by atoms with E-state index >= 15 is 0 Å². The Morgan fingerprint density at radius 3 is 2.24 bits per heavy atom. The highest BCUT2D eigenvalue weighted by Crippen LogP contribution is 2.22. The predicted molar refractivity (Wildman–Crippen MR) is 145 cm³/mol. The standard InChI is InChI=1S/C27H39FN6O4/c1-18(2)38-20-9-11-23(21(28)16-20)32-27(37)24(10-8-19-6-4-3-5-7-19)33-26(36)22(31)17-25(35)34(14-12-29)15-13-30/h3-7,9,11,16,18,22,24H,8,10,12-15,17,29-31H2,1-2H3,(H,32,37)(H,33,36). The summed E-state index contributed by atoms with van der Waals surface area (Å²) in [6.07, 6.45) is 0.286. The fourth-order valence-corrected chi connectivity index (χ4v) is 3.75. The fraction of sp³-hybridized carbons (Fsp3) is 0.444. The third kappa shape index (κ3) is 10.1. The molecule has 0 aliphatic rings. The van der Waals surface area contributed by atoms with Crippen LogP contribution in [-0.2, 0) is 20.8 Å². The number of amides is 3. The number of benzene rings is 2. The lowest BCUT2D eigenvalue weighted by Crippen LogP contribution is -2.52. The Balaban J connectivity index is 2.12. The summed E-state index contributed by atoms with van der Waals surface area (Å²) in [6, 6.07) is 11.3. The van der Waals surface area contributed by atoms with E-state index in [0.29, 0.717) is 25.3 Å². The maximum atomic E-state index is 14.6. The number of carbonyl (C=O) groups excluding carboxylic acids is 3. The summed E-state index contributed by atoms with van der Waals surface area (Å²) in [6.45, 7) is 4.71. The van der Waals surface area contributed by atoms with Crippen LogP contribution in [0.4, 0.5) is 10.1 Å². The maximum Gasteiger partial charge on any atom is 0.247 e. The first-order valence-electron chi connectivity index (χ1n) is 12.7. The minimum atomic E-state index is -1.20. The zero-order chi connectivity index (χ0) is 28.1. The average Bonchev–Trinajstić information content (AvgIpc) is 2.87. The summed E-state index contributed by atoms with van der Waals surface area (Å²) in [5, 5.41) is 5.16. The summed E-state index contributed by atoms with van der Waals surface area (Å²) in [5.41, 5.74) is 18.0. The van der Waals surface area contributed by atoms with Gasteiger partial charge in [-0.2, -0.15) is 0 Å². The molecular weight excluding hydrogens is 491 g/mol. The van der Waals surface area contributed by atoms with Gasteiger partial charge in [-0.3, -0.25) is 14.4 Å². The van der Waals surface area contributed by atoms with Gasteiger partial charge in [0.2, 0.25) is 17.7 Å². The molecule has 0 saturated heterocycles. The number of halogens is 1. The molecular formula is C27H39FN6O4. The van der Waals surface area contributed by atoms with Crippen LogP contribution < -0.4 is 32.6 Å². The Hall–Kier alpha value is -3.54. The second-order valence-corrected chi connectivity index (χ2v) is 9.15. The quantitative estimate of drug-likeness (QED) is 0.230. The first-order valence-corrected chi connectivity index (χ1v) is 12.7. The smallest absolute Gasteiger partial charge is 0.247 e. The van der Waals surface area contributed by atoms with Crippen molar-refractivity contribution in [1.29, 1.82) is 0 Å². The third-order valence-corrected chi connectivity index (χ3v) is 5.65. The normalized spacial score (nSPS) is 12.5. The van der Waals surface area contributed by atoms with E-state index < -0.39 is 29.7 Å². The lowest BCUT2D eigenvalue weighted by molar-refractivity contribution is -0.134. The molecule has 0 aliphatic carbocycles. The van der Waals surface area contributed by atoms with Crippen molar-refractivity contribution < 1.29 is 23.5 Å². The molecule has 2 atom stereocenters. The van der Waals surface area contributed by atoms with E-state index in [4.69, 9.17) is 21.9 Å². The molecule has 2 rings (SSSR count). The highest BCUT2D eigenvalue weighted by Gasteiger charge is 2.27. The van der Waals surface area contributed by atoms with Crippen LogP contribution in [0.3, 0.4) is 0 Å². The number of carbonyl (C=O) groups is 3. The van der Waals surface area contributed by atoms with Crippen molar-refractivity contribution in [3.63, 3.8) is 0 Å². The maximum absolute atomic E-state index is 14.6. The summed E-state index contributed by atoms with van der Waals surface area (Å²) in [4.78, 5) is 40.0. The Labute approximate surface area is 223 Å². The molecule has 2 unspecified atom stereocenters. The summed E-state index contributed by atoms with van der Waals surface area (Å²) in [5.74, 6) is -1.99. The Morgan fingerprint density at radius 1 is 1.00 bits per heavy atom.